The zero-order valence-electron chi connectivity index (χ0n) is 17.2. The van der Waals surface area contributed by atoms with Gasteiger partial charge < -0.3 is 5.32 Å². The molecule has 2 aliphatic carbocycles. The van der Waals surface area contributed by atoms with E-state index in [1.807, 2.05) is 12.1 Å². The van der Waals surface area contributed by atoms with Crippen LogP contribution in [-0.2, 0) is 30.5 Å². The average Bonchev–Trinajstić information content (AvgIpc) is 2.91. The number of hydrazine groups is 1. The predicted octanol–water partition coefficient (Wildman–Crippen LogP) is 3.93. The zero-order valence-corrected chi connectivity index (χ0v) is 18.0. The minimum atomic E-state index is -0.384. The van der Waals surface area contributed by atoms with E-state index in [1.165, 1.54) is 35.8 Å². The molecule has 1 aromatic carbocycles. The van der Waals surface area contributed by atoms with Gasteiger partial charge in [0.15, 0.2) is 0 Å². The molecule has 2 aromatic rings. The molecule has 0 radical (unpaired) electrons. The van der Waals surface area contributed by atoms with Crippen LogP contribution in [0.4, 0.5) is 5.00 Å². The van der Waals surface area contributed by atoms with Gasteiger partial charge in [0, 0.05) is 17.4 Å². The fourth-order valence-electron chi connectivity index (χ4n) is 4.33. The number of anilines is 1. The summed E-state index contributed by atoms with van der Waals surface area (Å²) < 4.78 is 0. The van der Waals surface area contributed by atoms with Crippen molar-refractivity contribution in [1.29, 1.82) is 0 Å². The van der Waals surface area contributed by atoms with Crippen LogP contribution < -0.4 is 16.2 Å². The van der Waals surface area contributed by atoms with Gasteiger partial charge in [-0.25, -0.2) is 0 Å². The number of carbonyl (C=O) groups excluding carboxylic acids is 3. The monoisotopic (exact) mass is 425 g/mol. The summed E-state index contributed by atoms with van der Waals surface area (Å²) in [7, 11) is 0. The summed E-state index contributed by atoms with van der Waals surface area (Å²) in [5.41, 5.74) is 9.50. The van der Waals surface area contributed by atoms with E-state index in [4.69, 9.17) is 0 Å². The van der Waals surface area contributed by atoms with Crippen molar-refractivity contribution in [3.05, 3.63) is 50.9 Å². The van der Waals surface area contributed by atoms with Gasteiger partial charge in [0.2, 0.25) is 5.91 Å². The van der Waals surface area contributed by atoms with Gasteiger partial charge >= 0.3 is 0 Å². The van der Waals surface area contributed by atoms with Crippen LogP contribution in [0.5, 0.6) is 0 Å². The molecule has 3 N–H and O–H groups in total. The largest absolute Gasteiger partial charge is 0.313 e. The quantitative estimate of drug-likeness (QED) is 0.514. The molecule has 1 aromatic heterocycles. The van der Waals surface area contributed by atoms with Gasteiger partial charge in [-0.05, 0) is 80.2 Å². The Kier molecular flexibility index (Phi) is 6.18. The number of benzene rings is 1. The molecule has 1 heterocycles. The molecule has 0 saturated carbocycles. The zero-order chi connectivity index (χ0) is 21.1. The number of thiophene rings is 1. The Balaban J connectivity index is 1.62. The van der Waals surface area contributed by atoms with Crippen LogP contribution in [0.2, 0.25) is 0 Å². The highest BCUT2D eigenvalue weighted by molar-refractivity contribution is 7.17. The maximum atomic E-state index is 13.0. The number of fused-ring (bicyclic) bond motifs is 2. The summed E-state index contributed by atoms with van der Waals surface area (Å²) in [5.74, 6) is -0.928. The fraction of sp³-hybridized carbons (Fsp3) is 0.435. The van der Waals surface area contributed by atoms with Gasteiger partial charge in [-0.1, -0.05) is 12.5 Å². The molecular formula is C23H27N3O3S. The topological polar surface area (TPSA) is 87.3 Å². The summed E-state index contributed by atoms with van der Waals surface area (Å²) in [5, 5.41) is 3.55. The average molecular weight is 426 g/mol. The molecule has 2 aliphatic rings. The molecule has 158 valence electrons. The summed E-state index contributed by atoms with van der Waals surface area (Å²) >= 11 is 1.48. The third kappa shape index (κ3) is 4.41. The smallest absolute Gasteiger partial charge is 0.272 e. The van der Waals surface area contributed by atoms with E-state index in [0.29, 0.717) is 16.1 Å². The molecule has 0 aliphatic heterocycles. The lowest BCUT2D eigenvalue weighted by molar-refractivity contribution is -0.119. The number of hydrogen-bond donors (Lipinski definition) is 3. The lowest BCUT2D eigenvalue weighted by Crippen LogP contribution is -2.40. The molecule has 30 heavy (non-hydrogen) atoms. The summed E-state index contributed by atoms with van der Waals surface area (Å²) in [4.78, 5) is 38.3. The first-order valence-electron chi connectivity index (χ1n) is 10.7. The van der Waals surface area contributed by atoms with Crippen LogP contribution in [0.3, 0.4) is 0 Å². The predicted molar refractivity (Wildman–Crippen MR) is 118 cm³/mol. The van der Waals surface area contributed by atoms with Crippen LogP contribution in [-0.4, -0.2) is 17.7 Å². The number of carbonyl (C=O) groups is 3. The van der Waals surface area contributed by atoms with Crippen molar-refractivity contribution in [1.82, 2.24) is 10.9 Å². The Morgan fingerprint density at radius 2 is 1.57 bits per heavy atom. The van der Waals surface area contributed by atoms with E-state index in [-0.39, 0.29) is 17.7 Å². The van der Waals surface area contributed by atoms with Crippen molar-refractivity contribution in [3.63, 3.8) is 0 Å². The lowest BCUT2D eigenvalue weighted by atomic mass is 9.90. The maximum absolute atomic E-state index is 13.0. The van der Waals surface area contributed by atoms with Crippen molar-refractivity contribution in [2.45, 2.75) is 64.7 Å². The van der Waals surface area contributed by atoms with E-state index < -0.39 is 0 Å². The van der Waals surface area contributed by atoms with Gasteiger partial charge in [-0.2, -0.15) is 0 Å². The van der Waals surface area contributed by atoms with Crippen molar-refractivity contribution < 1.29 is 14.4 Å². The Labute approximate surface area is 180 Å². The van der Waals surface area contributed by atoms with Crippen LogP contribution in [0.15, 0.2) is 18.2 Å². The van der Waals surface area contributed by atoms with Crippen LogP contribution in [0, 0.1) is 0 Å². The summed E-state index contributed by atoms with van der Waals surface area (Å²) in [6.07, 6.45) is 9.38. The second kappa shape index (κ2) is 9.00. The highest BCUT2D eigenvalue weighted by Gasteiger charge is 2.26. The van der Waals surface area contributed by atoms with Gasteiger partial charge in [-0.15, -0.1) is 11.3 Å². The molecule has 4 rings (SSSR count). The van der Waals surface area contributed by atoms with Crippen LogP contribution >= 0.6 is 11.3 Å². The molecule has 0 fully saturated rings. The third-order valence-corrected chi connectivity index (χ3v) is 7.05. The number of aryl methyl sites for hydroxylation is 3. The van der Waals surface area contributed by atoms with E-state index in [1.54, 1.807) is 0 Å². The molecule has 0 bridgehead atoms. The summed E-state index contributed by atoms with van der Waals surface area (Å²) in [6.45, 7) is 1.34. The lowest BCUT2D eigenvalue weighted by Gasteiger charge is -2.16. The summed E-state index contributed by atoms with van der Waals surface area (Å²) in [6, 6.07) is 5.91. The highest BCUT2D eigenvalue weighted by Crippen LogP contribution is 2.37. The fourth-order valence-corrected chi connectivity index (χ4v) is 5.61. The van der Waals surface area contributed by atoms with Gasteiger partial charge in [-0.3, -0.25) is 25.2 Å². The van der Waals surface area contributed by atoms with Crippen molar-refractivity contribution in [3.8, 4) is 0 Å². The number of rotatable bonds is 3. The Bertz CT molecular complexity index is 996. The SMILES string of the molecule is CC(=O)NNC(=O)c1c(NC(=O)c2ccc3c(c2)CCCC3)sc2c1CCCCC2. The molecular weight excluding hydrogens is 398 g/mol. The molecule has 0 unspecified atom stereocenters. The van der Waals surface area contributed by atoms with E-state index >= 15 is 0 Å². The van der Waals surface area contributed by atoms with Gasteiger partial charge in [0.05, 0.1) is 5.56 Å². The first-order valence-corrected chi connectivity index (χ1v) is 11.5. The van der Waals surface area contributed by atoms with Crippen molar-refractivity contribution in [2.75, 3.05) is 5.32 Å². The second-order valence-electron chi connectivity index (χ2n) is 8.05. The van der Waals surface area contributed by atoms with Crippen molar-refractivity contribution in [2.24, 2.45) is 0 Å². The van der Waals surface area contributed by atoms with Crippen molar-refractivity contribution >= 4 is 34.1 Å². The molecule has 7 heteroatoms. The van der Waals surface area contributed by atoms with Gasteiger partial charge in [0.25, 0.3) is 11.8 Å². The van der Waals surface area contributed by atoms with E-state index in [2.05, 4.69) is 22.2 Å². The third-order valence-electron chi connectivity index (χ3n) is 5.84. The molecule has 3 amide bonds. The van der Waals surface area contributed by atoms with E-state index in [9.17, 15) is 14.4 Å². The molecule has 0 atom stereocenters. The van der Waals surface area contributed by atoms with Crippen LogP contribution in [0.25, 0.3) is 0 Å². The normalized spacial score (nSPS) is 15.4. The first kappa shape index (κ1) is 20.6. The molecule has 0 spiro atoms. The standard InChI is InChI=1S/C23H27N3O3S/c1-14(27)25-26-22(29)20-18-9-3-2-4-10-19(18)30-23(20)24-21(28)17-12-11-15-7-5-6-8-16(15)13-17/h11-13H,2-10H2,1H3,(H,24,28)(H,25,27)(H,26,29). The maximum Gasteiger partial charge on any atom is 0.272 e. The number of amides is 3. The van der Waals surface area contributed by atoms with Gasteiger partial charge in [0.1, 0.15) is 5.00 Å². The highest BCUT2D eigenvalue weighted by atomic mass is 32.1. The van der Waals surface area contributed by atoms with Crippen LogP contribution in [0.1, 0.15) is 81.3 Å². The Morgan fingerprint density at radius 3 is 2.37 bits per heavy atom. The Hall–Kier alpha value is -2.67. The molecule has 6 nitrogen and oxygen atoms in total. The Morgan fingerprint density at radius 1 is 0.833 bits per heavy atom. The molecule has 0 saturated heterocycles. The van der Waals surface area contributed by atoms with E-state index in [0.717, 1.165) is 61.8 Å². The number of hydrogen-bond acceptors (Lipinski definition) is 4. The first-order chi connectivity index (χ1) is 14.5. The minimum absolute atomic E-state index is 0.201. The second-order valence-corrected chi connectivity index (χ2v) is 9.15. The number of nitrogens with one attached hydrogen (secondary N) is 3. The minimum Gasteiger partial charge on any atom is -0.313 e.